The maximum absolute atomic E-state index is 13.9. The first-order chi connectivity index (χ1) is 17.8. The molecule has 2 aliphatic heterocycles. The van der Waals surface area contributed by atoms with Crippen molar-refractivity contribution in [3.05, 3.63) is 100 Å². The van der Waals surface area contributed by atoms with Gasteiger partial charge in [0.1, 0.15) is 0 Å². The lowest BCUT2D eigenvalue weighted by Gasteiger charge is -2.37. The number of carbonyl (C=O) groups is 2. The van der Waals surface area contributed by atoms with Crippen molar-refractivity contribution in [2.75, 3.05) is 13.1 Å². The van der Waals surface area contributed by atoms with Gasteiger partial charge in [-0.1, -0.05) is 61.4 Å². The van der Waals surface area contributed by atoms with Gasteiger partial charge in [-0.25, -0.2) is 8.42 Å². The lowest BCUT2D eigenvalue weighted by molar-refractivity contribution is 0.0642. The second-order valence-corrected chi connectivity index (χ2v) is 11.8. The minimum atomic E-state index is -3.78. The quantitative estimate of drug-likeness (QED) is 0.381. The van der Waals surface area contributed by atoms with E-state index in [1.807, 2.05) is 49.4 Å². The van der Waals surface area contributed by atoms with Crippen molar-refractivity contribution >= 4 is 21.8 Å². The molecule has 0 aromatic heterocycles. The topological polar surface area (TPSA) is 74.8 Å². The molecule has 0 radical (unpaired) electrons. The molecule has 7 heteroatoms. The highest BCUT2D eigenvalue weighted by atomic mass is 32.2. The molecule has 2 aliphatic rings. The maximum Gasteiger partial charge on any atom is 0.261 e. The Hall–Kier alpha value is -3.29. The van der Waals surface area contributed by atoms with Crippen LogP contribution in [0.1, 0.15) is 75.2 Å². The van der Waals surface area contributed by atoms with Crippen LogP contribution in [0.5, 0.6) is 0 Å². The van der Waals surface area contributed by atoms with Gasteiger partial charge in [-0.2, -0.15) is 4.31 Å². The molecule has 0 fully saturated rings. The number of imide groups is 1. The Kier molecular flexibility index (Phi) is 7.01. The molecular formula is C30H32N2O4S. The number of rotatable bonds is 8. The van der Waals surface area contributed by atoms with Crippen molar-refractivity contribution in [1.82, 2.24) is 9.21 Å². The largest absolute Gasteiger partial charge is 0.274 e. The molecule has 0 spiro atoms. The summed E-state index contributed by atoms with van der Waals surface area (Å²) < 4.78 is 29.3. The fourth-order valence-electron chi connectivity index (χ4n) is 5.42. The molecular weight excluding hydrogens is 483 g/mol. The minimum Gasteiger partial charge on any atom is -0.274 e. The van der Waals surface area contributed by atoms with Gasteiger partial charge in [0.25, 0.3) is 11.8 Å². The summed E-state index contributed by atoms with van der Waals surface area (Å²) in [5.74, 6) is -0.633. The van der Waals surface area contributed by atoms with E-state index in [2.05, 4.69) is 6.92 Å². The number of unbranched alkanes of at least 4 members (excludes halogenated alkanes) is 1. The molecule has 2 heterocycles. The van der Waals surface area contributed by atoms with E-state index in [9.17, 15) is 18.0 Å². The van der Waals surface area contributed by atoms with Crippen molar-refractivity contribution in [3.8, 4) is 0 Å². The molecule has 1 unspecified atom stereocenters. The van der Waals surface area contributed by atoms with E-state index in [-0.39, 0.29) is 23.3 Å². The molecule has 192 valence electrons. The Morgan fingerprint density at radius 1 is 0.919 bits per heavy atom. The van der Waals surface area contributed by atoms with Crippen LogP contribution in [-0.2, 0) is 22.9 Å². The molecule has 3 aromatic carbocycles. The molecule has 37 heavy (non-hydrogen) atoms. The number of sulfonamides is 1. The number of carbonyl (C=O) groups excluding carboxylic acids is 2. The maximum atomic E-state index is 13.9. The van der Waals surface area contributed by atoms with Gasteiger partial charge in [-0.15, -0.1) is 0 Å². The van der Waals surface area contributed by atoms with Crippen LogP contribution >= 0.6 is 0 Å². The molecule has 3 aromatic rings. The van der Waals surface area contributed by atoms with Gasteiger partial charge in [0.05, 0.1) is 22.1 Å². The lowest BCUT2D eigenvalue weighted by atomic mass is 9.92. The van der Waals surface area contributed by atoms with Crippen LogP contribution in [-0.4, -0.2) is 42.5 Å². The Morgan fingerprint density at radius 3 is 2.41 bits per heavy atom. The zero-order valence-corrected chi connectivity index (χ0v) is 22.1. The highest BCUT2D eigenvalue weighted by Gasteiger charge is 2.39. The van der Waals surface area contributed by atoms with Crippen molar-refractivity contribution in [3.63, 3.8) is 0 Å². The van der Waals surface area contributed by atoms with Crippen LogP contribution in [0.4, 0.5) is 0 Å². The normalized spacial score (nSPS) is 17.7. The predicted molar refractivity (Wildman–Crippen MR) is 143 cm³/mol. The number of nitrogens with zero attached hydrogens (tertiary/aromatic N) is 2. The number of fused-ring (bicyclic) bond motifs is 2. The second-order valence-electron chi connectivity index (χ2n) is 9.93. The molecule has 0 saturated carbocycles. The van der Waals surface area contributed by atoms with Crippen molar-refractivity contribution < 1.29 is 18.0 Å². The summed E-state index contributed by atoms with van der Waals surface area (Å²) in [7, 11) is -3.78. The summed E-state index contributed by atoms with van der Waals surface area (Å²) in [6.45, 7) is 4.52. The van der Waals surface area contributed by atoms with Crippen molar-refractivity contribution in [2.24, 2.45) is 0 Å². The summed E-state index contributed by atoms with van der Waals surface area (Å²) >= 11 is 0. The third-order valence-corrected chi connectivity index (χ3v) is 9.39. The lowest BCUT2D eigenvalue weighted by Crippen LogP contribution is -2.42. The predicted octanol–water partition coefficient (Wildman–Crippen LogP) is 5.31. The molecule has 6 nitrogen and oxygen atoms in total. The van der Waals surface area contributed by atoms with Crippen LogP contribution in [0, 0.1) is 6.92 Å². The van der Waals surface area contributed by atoms with E-state index in [1.165, 1.54) is 4.90 Å². The zero-order chi connectivity index (χ0) is 26.2. The number of benzene rings is 3. The summed E-state index contributed by atoms with van der Waals surface area (Å²) in [4.78, 5) is 27.6. The molecule has 0 saturated heterocycles. The van der Waals surface area contributed by atoms with Gasteiger partial charge >= 0.3 is 0 Å². The molecule has 0 bridgehead atoms. The van der Waals surface area contributed by atoms with E-state index in [0.717, 1.165) is 41.5 Å². The number of amides is 2. The molecule has 1 atom stereocenters. The van der Waals surface area contributed by atoms with Gasteiger partial charge in [-0.3, -0.25) is 14.5 Å². The van der Waals surface area contributed by atoms with E-state index in [0.29, 0.717) is 30.5 Å². The number of aryl methyl sites for hydroxylation is 2. The number of hydrogen-bond acceptors (Lipinski definition) is 4. The van der Waals surface area contributed by atoms with Crippen LogP contribution in [0.25, 0.3) is 0 Å². The minimum absolute atomic E-state index is 0.145. The summed E-state index contributed by atoms with van der Waals surface area (Å²) in [6, 6.07) is 19.8. The molecule has 2 amide bonds. The van der Waals surface area contributed by atoms with Crippen LogP contribution in [0.3, 0.4) is 0 Å². The molecule has 0 aliphatic carbocycles. The van der Waals surface area contributed by atoms with E-state index < -0.39 is 16.1 Å². The Bertz CT molecular complexity index is 1450. The monoisotopic (exact) mass is 515 g/mol. The van der Waals surface area contributed by atoms with Crippen LogP contribution in [0.2, 0.25) is 0 Å². The average Bonchev–Trinajstić information content (AvgIpc) is 3.14. The zero-order valence-electron chi connectivity index (χ0n) is 21.3. The fourth-order valence-corrected chi connectivity index (χ4v) is 7.06. The van der Waals surface area contributed by atoms with Crippen LogP contribution < -0.4 is 0 Å². The summed E-state index contributed by atoms with van der Waals surface area (Å²) in [5.41, 5.74) is 4.91. The van der Waals surface area contributed by atoms with E-state index in [4.69, 9.17) is 0 Å². The first-order valence-corrected chi connectivity index (χ1v) is 14.4. The fraction of sp³-hybridized carbons (Fsp3) is 0.333. The Morgan fingerprint density at radius 2 is 1.65 bits per heavy atom. The van der Waals surface area contributed by atoms with Crippen molar-refractivity contribution in [1.29, 1.82) is 0 Å². The van der Waals surface area contributed by atoms with E-state index in [1.54, 1.807) is 28.6 Å². The number of hydrogen-bond donors (Lipinski definition) is 0. The third kappa shape index (κ3) is 4.74. The highest BCUT2D eigenvalue weighted by molar-refractivity contribution is 7.89. The van der Waals surface area contributed by atoms with E-state index >= 15 is 0 Å². The summed E-state index contributed by atoms with van der Waals surface area (Å²) in [6.07, 6.45) is 4.02. The average molecular weight is 516 g/mol. The molecule has 0 N–H and O–H groups in total. The summed E-state index contributed by atoms with van der Waals surface area (Å²) in [5, 5.41) is 0. The first kappa shape index (κ1) is 25.4. The Balaban J connectivity index is 1.42. The smallest absolute Gasteiger partial charge is 0.261 e. The molecule has 5 rings (SSSR count). The third-order valence-electron chi connectivity index (χ3n) is 7.46. The van der Waals surface area contributed by atoms with Gasteiger partial charge in [0.2, 0.25) is 10.0 Å². The standard InChI is InChI=1S/C30H32N2O4S/c1-3-4-7-22-11-13-24(14-12-22)37(35,36)32-19-16-23-8-5-6-9-25(23)28(32)17-18-31-29(33)26-15-10-21(2)20-27(26)30(31)34/h5-6,8-15,20,28H,3-4,7,16-19H2,1-2H3/i2-1. The Labute approximate surface area is 219 Å². The van der Waals surface area contributed by atoms with Gasteiger partial charge in [0.15, 0.2) is 0 Å². The first-order valence-electron chi connectivity index (χ1n) is 13.0. The second kappa shape index (κ2) is 10.2. The van der Waals surface area contributed by atoms with Gasteiger partial charge in [-0.05, 0) is 73.6 Å². The van der Waals surface area contributed by atoms with Crippen molar-refractivity contribution in [2.45, 2.75) is 56.9 Å². The van der Waals surface area contributed by atoms with Gasteiger partial charge < -0.3 is 0 Å². The van der Waals surface area contributed by atoms with Crippen LogP contribution in [0.15, 0.2) is 71.6 Å². The van der Waals surface area contributed by atoms with Gasteiger partial charge in [0, 0.05) is 13.1 Å². The highest BCUT2D eigenvalue weighted by Crippen LogP contribution is 2.37. The SMILES string of the molecule is CCCCc1ccc(S(=O)(=O)N2CCc3ccccc3C2CCN2C(=O)c3ccc([11CH3])cc3C2=O)cc1.